The fraction of sp³-hybridized carbons (Fsp3) is 0.500. The molecule has 2 saturated carbocycles. The second-order valence-electron chi connectivity index (χ2n) is 15.7. The zero-order valence-corrected chi connectivity index (χ0v) is 34.9. The molecule has 0 N–H and O–H groups in total. The highest BCUT2D eigenvalue weighted by molar-refractivity contribution is 7.80. The molecule has 19 heteroatoms. The Kier molecular flexibility index (Phi) is 14.1. The van der Waals surface area contributed by atoms with Gasteiger partial charge in [0.1, 0.15) is 40.1 Å². The Morgan fingerprint density at radius 1 is 0.949 bits per heavy atom. The van der Waals surface area contributed by atoms with Gasteiger partial charge in [0.05, 0.1) is 18.9 Å². The standard InChI is InChI=1S/C40H45Cl2F2N3O11S/c1-40(2,3)58-36(48)20-47(59(52)53)31-15-26(11-12-32(31)54-21-23-6-7-23)37(49)46-14-4-5-30(46)38(50)56-34(17-27-28(41)18-45(51)19-29(27)42)25-10-13-33(57-39(43)44)35(16-25)55-22-24-8-9-24/h10-13,15-16,18-19,23-24,30,34,39H,4-9,14,17,20-22H2,1-3H3,(H,52,53)/p-1/t30-,34-/m0/s1. The number of hydrogen-bond acceptors (Lipinski definition) is 11. The van der Waals surface area contributed by atoms with Crippen molar-refractivity contribution in [3.8, 4) is 17.2 Å². The summed E-state index contributed by atoms with van der Waals surface area (Å²) >= 11 is 9.86. The van der Waals surface area contributed by atoms with Crippen LogP contribution in [0.4, 0.5) is 14.5 Å². The Morgan fingerprint density at radius 2 is 1.58 bits per heavy atom. The maximum absolute atomic E-state index is 14.2. The number of pyridine rings is 1. The van der Waals surface area contributed by atoms with E-state index in [0.29, 0.717) is 29.2 Å². The first kappa shape index (κ1) is 44.1. The zero-order chi connectivity index (χ0) is 42.6. The molecule has 320 valence electrons. The van der Waals surface area contributed by atoms with Crippen LogP contribution in [0.2, 0.25) is 10.0 Å². The minimum absolute atomic E-state index is 0.00356. The van der Waals surface area contributed by atoms with Crippen molar-refractivity contribution >= 4 is 58.0 Å². The first-order chi connectivity index (χ1) is 27.9. The third-order valence-electron chi connectivity index (χ3n) is 9.74. The van der Waals surface area contributed by atoms with Crippen molar-refractivity contribution in [2.24, 2.45) is 11.8 Å². The molecule has 59 heavy (non-hydrogen) atoms. The zero-order valence-electron chi connectivity index (χ0n) is 32.5. The van der Waals surface area contributed by atoms with Gasteiger partial charge in [0.15, 0.2) is 23.9 Å². The van der Waals surface area contributed by atoms with Crippen molar-refractivity contribution in [1.82, 2.24) is 4.90 Å². The van der Waals surface area contributed by atoms with Gasteiger partial charge < -0.3 is 38.3 Å². The molecule has 3 fully saturated rings. The molecule has 1 amide bonds. The summed E-state index contributed by atoms with van der Waals surface area (Å²) in [6.45, 7) is 1.80. The third-order valence-corrected chi connectivity index (χ3v) is 11.1. The van der Waals surface area contributed by atoms with Gasteiger partial charge in [-0.25, -0.2) is 4.79 Å². The number of benzene rings is 2. The number of halogens is 4. The van der Waals surface area contributed by atoms with Crippen molar-refractivity contribution in [1.29, 1.82) is 0 Å². The number of hydrogen-bond donors (Lipinski definition) is 0. The van der Waals surface area contributed by atoms with E-state index in [1.165, 1.54) is 41.3 Å². The summed E-state index contributed by atoms with van der Waals surface area (Å²) in [5.74, 6) is -1.80. The molecular weight excluding hydrogens is 839 g/mol. The highest BCUT2D eigenvalue weighted by Crippen LogP contribution is 2.39. The van der Waals surface area contributed by atoms with Crippen LogP contribution in [0.15, 0.2) is 48.8 Å². The SMILES string of the molecule is CC(C)(C)OC(=O)CN(c1cc(C(=O)N2CCC[C@H]2C(=O)O[C@@H](Cc2c(Cl)c[n+]([O-])cc2Cl)c2ccc(OC(F)F)c(OCC3CC3)c2)ccc1OCC1CC1)S(=O)[O-]. The predicted molar refractivity (Wildman–Crippen MR) is 210 cm³/mol. The van der Waals surface area contributed by atoms with Gasteiger partial charge in [-0.15, -0.1) is 0 Å². The Bertz CT molecular complexity index is 2040. The number of rotatable bonds is 18. The number of aromatic nitrogens is 1. The van der Waals surface area contributed by atoms with E-state index in [1.54, 1.807) is 20.8 Å². The van der Waals surface area contributed by atoms with Crippen LogP contribution in [0.5, 0.6) is 17.2 Å². The van der Waals surface area contributed by atoms with Crippen LogP contribution >= 0.6 is 23.2 Å². The molecule has 1 aromatic heterocycles. The van der Waals surface area contributed by atoms with Crippen LogP contribution in [0.1, 0.15) is 86.9 Å². The number of carbonyl (C=O) groups is 3. The quantitative estimate of drug-likeness (QED) is 0.0565. The van der Waals surface area contributed by atoms with E-state index >= 15 is 0 Å². The minimum atomic E-state index is -3.14. The molecule has 2 aromatic carbocycles. The average molecular weight is 884 g/mol. The van der Waals surface area contributed by atoms with Gasteiger partial charge in [0.2, 0.25) is 0 Å². The second-order valence-corrected chi connectivity index (χ2v) is 17.4. The lowest BCUT2D eigenvalue weighted by molar-refractivity contribution is -0.605. The first-order valence-corrected chi connectivity index (χ1v) is 20.9. The summed E-state index contributed by atoms with van der Waals surface area (Å²) < 4.78 is 81.0. The van der Waals surface area contributed by atoms with Crippen LogP contribution in [0.3, 0.4) is 0 Å². The summed E-state index contributed by atoms with van der Waals surface area (Å²) in [5, 5.41) is 12.0. The van der Waals surface area contributed by atoms with Crippen LogP contribution in [0.25, 0.3) is 0 Å². The lowest BCUT2D eigenvalue weighted by atomic mass is 10.0. The molecule has 3 atom stereocenters. The highest BCUT2D eigenvalue weighted by atomic mass is 35.5. The normalized spacial score (nSPS) is 17.6. The molecule has 0 spiro atoms. The Labute approximate surface area is 352 Å². The van der Waals surface area contributed by atoms with Crippen molar-refractivity contribution in [3.63, 3.8) is 0 Å². The lowest BCUT2D eigenvalue weighted by Gasteiger charge is -2.30. The Morgan fingerprint density at radius 3 is 2.17 bits per heavy atom. The van der Waals surface area contributed by atoms with Crippen LogP contribution in [0, 0.1) is 17.0 Å². The van der Waals surface area contributed by atoms with E-state index in [0.717, 1.165) is 42.4 Å². The number of alkyl halides is 2. The highest BCUT2D eigenvalue weighted by Gasteiger charge is 2.38. The lowest BCUT2D eigenvalue weighted by Crippen LogP contribution is -2.42. The van der Waals surface area contributed by atoms with E-state index in [1.807, 2.05) is 0 Å². The summed E-state index contributed by atoms with van der Waals surface area (Å²) in [4.78, 5) is 42.5. The van der Waals surface area contributed by atoms with Crippen molar-refractivity contribution in [2.45, 2.75) is 90.1 Å². The topological polar surface area (TPSA) is 171 Å². The van der Waals surface area contributed by atoms with Crippen LogP contribution < -0.4 is 23.2 Å². The van der Waals surface area contributed by atoms with E-state index in [-0.39, 0.29) is 76.0 Å². The molecule has 3 aromatic rings. The molecule has 6 rings (SSSR count). The van der Waals surface area contributed by atoms with E-state index in [4.69, 9.17) is 46.9 Å². The maximum atomic E-state index is 14.2. The summed E-state index contributed by atoms with van der Waals surface area (Å²) in [6, 6.07) is 7.20. The Hall–Kier alpha value is -4.45. The number of likely N-dealkylation sites (tertiary alicyclic amines) is 1. The smallest absolute Gasteiger partial charge is 0.387 e. The molecule has 0 radical (unpaired) electrons. The molecule has 1 saturated heterocycles. The monoisotopic (exact) mass is 882 g/mol. The van der Waals surface area contributed by atoms with Gasteiger partial charge in [-0.05, 0) is 107 Å². The molecule has 2 aliphatic carbocycles. The van der Waals surface area contributed by atoms with E-state index < -0.39 is 60.0 Å². The molecule has 14 nitrogen and oxygen atoms in total. The molecule has 3 aliphatic rings. The van der Waals surface area contributed by atoms with Crippen LogP contribution in [-0.4, -0.2) is 76.1 Å². The average Bonchev–Trinajstić information content (AvgIpc) is 4.10. The van der Waals surface area contributed by atoms with Gasteiger partial charge in [0, 0.05) is 35.4 Å². The van der Waals surface area contributed by atoms with Gasteiger partial charge in [-0.3, -0.25) is 18.1 Å². The number of amides is 1. The number of carbonyl (C=O) groups excluding carboxylic acids is 3. The van der Waals surface area contributed by atoms with Crippen LogP contribution in [-0.2, 0) is 36.8 Å². The van der Waals surface area contributed by atoms with Gasteiger partial charge in [0.25, 0.3) is 5.91 Å². The fourth-order valence-electron chi connectivity index (χ4n) is 6.47. The van der Waals surface area contributed by atoms with E-state index in [9.17, 15) is 37.1 Å². The number of esters is 2. The molecule has 1 aliphatic heterocycles. The molecular formula is C40H44Cl2F2N3O11S-. The van der Waals surface area contributed by atoms with Crippen molar-refractivity contribution in [2.75, 3.05) is 30.6 Å². The Balaban J connectivity index is 1.28. The molecule has 0 bridgehead atoms. The predicted octanol–water partition coefficient (Wildman–Crippen LogP) is 6.88. The second kappa shape index (κ2) is 18.9. The van der Waals surface area contributed by atoms with Crippen molar-refractivity contribution < 1.29 is 60.3 Å². The summed E-state index contributed by atoms with van der Waals surface area (Å²) in [7, 11) is 0. The maximum Gasteiger partial charge on any atom is 0.387 e. The third kappa shape index (κ3) is 12.1. The first-order valence-electron chi connectivity index (χ1n) is 19.1. The molecule has 1 unspecified atom stereocenters. The largest absolute Gasteiger partial charge is 0.755 e. The number of ether oxygens (including phenoxy) is 5. The van der Waals surface area contributed by atoms with E-state index in [2.05, 4.69) is 0 Å². The summed E-state index contributed by atoms with van der Waals surface area (Å²) in [5.41, 5.74) is -0.394. The van der Waals surface area contributed by atoms with Gasteiger partial charge in [-0.2, -0.15) is 13.5 Å². The number of nitrogens with zero attached hydrogens (tertiary/aromatic N) is 3. The number of anilines is 1. The summed E-state index contributed by atoms with van der Waals surface area (Å²) in [6.07, 6.45) is 5.20. The minimum Gasteiger partial charge on any atom is -0.755 e. The van der Waals surface area contributed by atoms with Crippen molar-refractivity contribution in [3.05, 3.63) is 80.7 Å². The molecule has 2 heterocycles. The van der Waals surface area contributed by atoms with Gasteiger partial charge >= 0.3 is 18.6 Å². The fourth-order valence-corrected chi connectivity index (χ4v) is 7.58. The van der Waals surface area contributed by atoms with Gasteiger partial charge in [-0.1, -0.05) is 29.3 Å².